The lowest BCUT2D eigenvalue weighted by Crippen LogP contribution is -2.40. The highest BCUT2D eigenvalue weighted by Crippen LogP contribution is 2.16. The second-order valence-electron chi connectivity index (χ2n) is 6.95. The Morgan fingerprint density at radius 2 is 1.59 bits per heavy atom. The average Bonchev–Trinajstić information content (AvgIpc) is 2.83. The predicted molar refractivity (Wildman–Crippen MR) is 124 cm³/mol. The van der Waals surface area contributed by atoms with Crippen molar-refractivity contribution in [3.05, 3.63) is 96.1 Å². The van der Waals surface area contributed by atoms with Crippen molar-refractivity contribution in [2.24, 2.45) is 5.10 Å². The number of amides is 1. The summed E-state index contributed by atoms with van der Waals surface area (Å²) in [5.74, 6) is 0.189. The molecule has 0 aromatic heterocycles. The maximum atomic E-state index is 13.1. The summed E-state index contributed by atoms with van der Waals surface area (Å²) in [6.45, 7) is -0.180. The van der Waals surface area contributed by atoms with Crippen molar-refractivity contribution in [1.29, 1.82) is 0 Å². The number of nitrogens with one attached hydrogen (secondary N) is 1. The molecule has 0 aliphatic carbocycles. The molecule has 0 unspecified atom stereocenters. The predicted octanol–water partition coefficient (Wildman–Crippen LogP) is 3.08. The highest BCUT2D eigenvalue weighted by Gasteiger charge is 2.26. The molecule has 0 aliphatic heterocycles. The van der Waals surface area contributed by atoms with Crippen LogP contribution in [0.4, 0.5) is 0 Å². The minimum Gasteiger partial charge on any atom is -0.497 e. The second kappa shape index (κ2) is 11.2. The molecule has 0 radical (unpaired) electrons. The van der Waals surface area contributed by atoms with Gasteiger partial charge in [0.2, 0.25) is 10.0 Å². The Hall–Kier alpha value is -3.49. The first kappa shape index (κ1) is 23.2. The molecule has 0 atom stereocenters. The van der Waals surface area contributed by atoms with Crippen molar-refractivity contribution >= 4 is 22.1 Å². The number of nitrogens with zero attached hydrogens (tertiary/aromatic N) is 2. The maximum Gasteiger partial charge on any atom is 0.255 e. The third-order valence-corrected chi connectivity index (χ3v) is 6.57. The van der Waals surface area contributed by atoms with Gasteiger partial charge in [0.05, 0.1) is 24.8 Å². The quantitative estimate of drug-likeness (QED) is 0.379. The summed E-state index contributed by atoms with van der Waals surface area (Å²) in [7, 11) is -2.26. The minimum absolute atomic E-state index is 0.141. The molecule has 0 saturated carbocycles. The summed E-state index contributed by atoms with van der Waals surface area (Å²) in [6, 6.07) is 24.8. The van der Waals surface area contributed by atoms with E-state index in [2.05, 4.69) is 10.5 Å². The van der Waals surface area contributed by atoms with Crippen LogP contribution in [0.5, 0.6) is 5.75 Å². The maximum absolute atomic E-state index is 13.1. The second-order valence-corrected chi connectivity index (χ2v) is 8.89. The number of hydrogen-bond acceptors (Lipinski definition) is 5. The SMILES string of the molecule is COc1ccc(/C=N/NC(=O)CN(CCc2ccccc2)S(=O)(=O)c2ccccc2)cc1. The van der Waals surface area contributed by atoms with E-state index in [-0.39, 0.29) is 18.0 Å². The molecule has 1 amide bonds. The number of hydrazone groups is 1. The molecule has 32 heavy (non-hydrogen) atoms. The van der Waals surface area contributed by atoms with Crippen LogP contribution in [-0.2, 0) is 21.2 Å². The van der Waals surface area contributed by atoms with E-state index in [1.807, 2.05) is 30.3 Å². The number of carbonyl (C=O) groups is 1. The average molecular weight is 452 g/mol. The van der Waals surface area contributed by atoms with Crippen LogP contribution in [0.15, 0.2) is 94.9 Å². The van der Waals surface area contributed by atoms with Gasteiger partial charge >= 0.3 is 0 Å². The first-order valence-electron chi connectivity index (χ1n) is 10.0. The molecule has 8 heteroatoms. The van der Waals surface area contributed by atoms with Gasteiger partial charge in [-0.1, -0.05) is 48.5 Å². The fourth-order valence-corrected chi connectivity index (χ4v) is 4.41. The summed E-state index contributed by atoms with van der Waals surface area (Å²) in [4.78, 5) is 12.6. The highest BCUT2D eigenvalue weighted by atomic mass is 32.2. The Balaban J connectivity index is 1.69. The van der Waals surface area contributed by atoms with E-state index in [0.717, 1.165) is 11.1 Å². The van der Waals surface area contributed by atoms with Crippen molar-refractivity contribution in [1.82, 2.24) is 9.73 Å². The smallest absolute Gasteiger partial charge is 0.255 e. The number of carbonyl (C=O) groups excluding carboxylic acids is 1. The molecule has 3 aromatic carbocycles. The Kier molecular flexibility index (Phi) is 8.13. The van der Waals surface area contributed by atoms with Gasteiger partial charge in [-0.15, -0.1) is 0 Å². The summed E-state index contributed by atoms with van der Waals surface area (Å²) < 4.78 is 32.6. The number of benzene rings is 3. The van der Waals surface area contributed by atoms with Crippen LogP contribution in [0.25, 0.3) is 0 Å². The molecule has 0 bridgehead atoms. The molecule has 0 saturated heterocycles. The monoisotopic (exact) mass is 451 g/mol. The first-order chi connectivity index (χ1) is 15.5. The molecule has 3 rings (SSSR count). The molecular formula is C24H25N3O4S. The van der Waals surface area contributed by atoms with Crippen LogP contribution in [0.1, 0.15) is 11.1 Å². The third kappa shape index (κ3) is 6.50. The van der Waals surface area contributed by atoms with Gasteiger partial charge in [0.1, 0.15) is 5.75 Å². The Labute approximate surface area is 188 Å². The van der Waals surface area contributed by atoms with Crippen LogP contribution < -0.4 is 10.2 Å². The fraction of sp³-hybridized carbons (Fsp3) is 0.167. The topological polar surface area (TPSA) is 88.1 Å². The normalized spacial score (nSPS) is 11.6. The van der Waals surface area contributed by atoms with Gasteiger partial charge in [0.15, 0.2) is 0 Å². The van der Waals surface area contributed by atoms with Crippen molar-refractivity contribution in [2.75, 3.05) is 20.2 Å². The zero-order chi connectivity index (χ0) is 22.8. The molecule has 0 aliphatic rings. The molecule has 3 aromatic rings. The largest absolute Gasteiger partial charge is 0.497 e. The van der Waals surface area contributed by atoms with E-state index >= 15 is 0 Å². The summed E-state index contributed by atoms with van der Waals surface area (Å²) in [5, 5.41) is 3.94. The molecule has 0 fully saturated rings. The number of rotatable bonds is 10. The van der Waals surface area contributed by atoms with Crippen LogP contribution >= 0.6 is 0 Å². The van der Waals surface area contributed by atoms with Crippen molar-refractivity contribution in [3.63, 3.8) is 0 Å². The lowest BCUT2D eigenvalue weighted by atomic mass is 10.1. The Morgan fingerprint density at radius 3 is 2.22 bits per heavy atom. The summed E-state index contributed by atoms with van der Waals surface area (Å²) >= 11 is 0. The van der Waals surface area contributed by atoms with Crippen molar-refractivity contribution < 1.29 is 17.9 Å². The third-order valence-electron chi connectivity index (χ3n) is 4.71. The summed E-state index contributed by atoms with van der Waals surface area (Å²) in [5.41, 5.74) is 4.16. The lowest BCUT2D eigenvalue weighted by Gasteiger charge is -2.21. The lowest BCUT2D eigenvalue weighted by molar-refractivity contribution is -0.121. The molecular weight excluding hydrogens is 426 g/mol. The molecule has 0 heterocycles. The van der Waals surface area contributed by atoms with Gasteiger partial charge in [-0.05, 0) is 53.9 Å². The van der Waals surface area contributed by atoms with Crippen molar-refractivity contribution in [2.45, 2.75) is 11.3 Å². The minimum atomic E-state index is -3.84. The van der Waals surface area contributed by atoms with Crippen LogP contribution in [-0.4, -0.2) is 45.0 Å². The number of sulfonamides is 1. The van der Waals surface area contributed by atoms with Crippen LogP contribution in [0, 0.1) is 0 Å². The first-order valence-corrected chi connectivity index (χ1v) is 11.5. The fourth-order valence-electron chi connectivity index (χ4n) is 2.99. The zero-order valence-corrected chi connectivity index (χ0v) is 18.5. The summed E-state index contributed by atoms with van der Waals surface area (Å²) in [6.07, 6.45) is 1.96. The van der Waals surface area contributed by atoms with Gasteiger partial charge in [0, 0.05) is 6.54 Å². The number of hydrogen-bond donors (Lipinski definition) is 1. The standard InChI is InChI=1S/C24H25N3O4S/c1-31-22-14-12-21(13-15-22)18-25-26-24(28)19-27(17-16-20-8-4-2-5-9-20)32(29,30)23-10-6-3-7-11-23/h2-15,18H,16-17,19H2,1H3,(H,26,28)/b25-18+. The van der Waals surface area contributed by atoms with E-state index in [0.29, 0.717) is 12.2 Å². The van der Waals surface area contributed by atoms with Gasteiger partial charge in [-0.25, -0.2) is 13.8 Å². The van der Waals surface area contributed by atoms with E-state index in [4.69, 9.17) is 4.74 Å². The molecule has 0 spiro atoms. The van der Waals surface area contributed by atoms with Gasteiger partial charge < -0.3 is 4.74 Å². The van der Waals surface area contributed by atoms with Crippen LogP contribution in [0.2, 0.25) is 0 Å². The Morgan fingerprint density at radius 1 is 0.969 bits per heavy atom. The van der Waals surface area contributed by atoms with E-state index in [9.17, 15) is 13.2 Å². The molecule has 1 N–H and O–H groups in total. The molecule has 166 valence electrons. The van der Waals surface area contributed by atoms with Gasteiger partial charge in [0.25, 0.3) is 5.91 Å². The Bertz CT molecular complexity index is 1130. The zero-order valence-electron chi connectivity index (χ0n) is 17.7. The number of ether oxygens (including phenoxy) is 1. The van der Waals surface area contributed by atoms with Gasteiger partial charge in [-0.2, -0.15) is 9.41 Å². The number of methoxy groups -OCH3 is 1. The van der Waals surface area contributed by atoms with E-state index < -0.39 is 15.9 Å². The van der Waals surface area contributed by atoms with Gasteiger partial charge in [-0.3, -0.25) is 4.79 Å². The van der Waals surface area contributed by atoms with Crippen molar-refractivity contribution in [3.8, 4) is 5.75 Å². The van der Waals surface area contributed by atoms with E-state index in [1.54, 1.807) is 49.6 Å². The van der Waals surface area contributed by atoms with E-state index in [1.165, 1.54) is 22.7 Å². The van der Waals surface area contributed by atoms with Crippen LogP contribution in [0.3, 0.4) is 0 Å². The molecule has 7 nitrogen and oxygen atoms in total. The highest BCUT2D eigenvalue weighted by molar-refractivity contribution is 7.89.